The van der Waals surface area contributed by atoms with Crippen LogP contribution in [0.1, 0.15) is 19.0 Å². The molecular weight excluding hydrogens is 192 g/mol. The van der Waals surface area contributed by atoms with E-state index in [1.54, 1.807) is 4.68 Å². The largest absolute Gasteiger partial charge is 0.389 e. The summed E-state index contributed by atoms with van der Waals surface area (Å²) in [6.45, 7) is 3.31. The first-order chi connectivity index (χ1) is 7.08. The summed E-state index contributed by atoms with van der Waals surface area (Å²) in [7, 11) is 1.89. The van der Waals surface area contributed by atoms with Gasteiger partial charge in [0.2, 0.25) is 0 Å². The SMILES string of the molecule is Cn1ccc(CC(C)(O)C2CCOC2)n1. The average molecular weight is 210 g/mol. The molecule has 1 fully saturated rings. The molecule has 1 aromatic rings. The quantitative estimate of drug-likeness (QED) is 0.801. The molecule has 1 aromatic heterocycles. The number of hydrogen-bond donors (Lipinski definition) is 1. The van der Waals surface area contributed by atoms with Crippen molar-refractivity contribution in [1.82, 2.24) is 9.78 Å². The zero-order valence-corrected chi connectivity index (χ0v) is 9.31. The monoisotopic (exact) mass is 210 g/mol. The lowest BCUT2D eigenvalue weighted by Crippen LogP contribution is -2.37. The van der Waals surface area contributed by atoms with Crippen molar-refractivity contribution in [2.75, 3.05) is 13.2 Å². The molecule has 2 rings (SSSR count). The van der Waals surface area contributed by atoms with E-state index in [0.717, 1.165) is 18.7 Å². The molecule has 0 radical (unpaired) electrons. The lowest BCUT2D eigenvalue weighted by molar-refractivity contribution is -0.00538. The first-order valence-electron chi connectivity index (χ1n) is 5.36. The summed E-state index contributed by atoms with van der Waals surface area (Å²) in [5.41, 5.74) is 0.236. The fourth-order valence-corrected chi connectivity index (χ4v) is 2.09. The van der Waals surface area contributed by atoms with Crippen molar-refractivity contribution in [2.45, 2.75) is 25.4 Å². The number of aliphatic hydroxyl groups is 1. The van der Waals surface area contributed by atoms with Crippen LogP contribution in [0.4, 0.5) is 0 Å². The first-order valence-corrected chi connectivity index (χ1v) is 5.36. The normalized spacial score (nSPS) is 25.4. The Morgan fingerprint density at radius 2 is 2.53 bits per heavy atom. The summed E-state index contributed by atoms with van der Waals surface area (Å²) < 4.78 is 7.06. The molecule has 4 nitrogen and oxygen atoms in total. The Bertz CT molecular complexity index is 327. The van der Waals surface area contributed by atoms with Crippen molar-refractivity contribution in [3.8, 4) is 0 Å². The van der Waals surface area contributed by atoms with Crippen molar-refractivity contribution in [3.05, 3.63) is 18.0 Å². The molecule has 0 aromatic carbocycles. The van der Waals surface area contributed by atoms with Crippen molar-refractivity contribution < 1.29 is 9.84 Å². The first kappa shape index (κ1) is 10.6. The highest BCUT2D eigenvalue weighted by Crippen LogP contribution is 2.28. The molecule has 0 amide bonds. The fraction of sp³-hybridized carbons (Fsp3) is 0.727. The second-order valence-electron chi connectivity index (χ2n) is 4.58. The third kappa shape index (κ3) is 2.38. The molecule has 0 bridgehead atoms. The van der Waals surface area contributed by atoms with E-state index in [0.29, 0.717) is 13.0 Å². The van der Waals surface area contributed by atoms with Crippen LogP contribution < -0.4 is 0 Å². The second kappa shape index (κ2) is 3.94. The summed E-state index contributed by atoms with van der Waals surface area (Å²) in [6.07, 6.45) is 3.44. The number of nitrogens with zero attached hydrogens (tertiary/aromatic N) is 2. The van der Waals surface area contributed by atoms with E-state index in [1.165, 1.54) is 0 Å². The summed E-state index contributed by atoms with van der Waals surface area (Å²) in [4.78, 5) is 0. The summed E-state index contributed by atoms with van der Waals surface area (Å²) in [6, 6.07) is 1.95. The third-order valence-electron chi connectivity index (χ3n) is 3.12. The molecule has 84 valence electrons. The van der Waals surface area contributed by atoms with E-state index in [4.69, 9.17) is 4.74 Å². The van der Waals surface area contributed by atoms with Crippen molar-refractivity contribution >= 4 is 0 Å². The Balaban J connectivity index is 2.02. The third-order valence-corrected chi connectivity index (χ3v) is 3.12. The van der Waals surface area contributed by atoms with Gasteiger partial charge in [0.15, 0.2) is 0 Å². The highest BCUT2D eigenvalue weighted by Gasteiger charge is 2.35. The van der Waals surface area contributed by atoms with Gasteiger partial charge in [-0.25, -0.2) is 0 Å². The smallest absolute Gasteiger partial charge is 0.0726 e. The van der Waals surface area contributed by atoms with Crippen LogP contribution in [0, 0.1) is 5.92 Å². The number of ether oxygens (including phenoxy) is 1. The van der Waals surface area contributed by atoms with E-state index in [-0.39, 0.29) is 5.92 Å². The number of rotatable bonds is 3. The van der Waals surface area contributed by atoms with E-state index in [1.807, 2.05) is 26.2 Å². The zero-order valence-electron chi connectivity index (χ0n) is 9.31. The topological polar surface area (TPSA) is 47.3 Å². The maximum atomic E-state index is 10.3. The van der Waals surface area contributed by atoms with Gasteiger partial charge in [-0.15, -0.1) is 0 Å². The summed E-state index contributed by atoms with van der Waals surface area (Å²) in [5, 5.41) is 14.6. The van der Waals surface area contributed by atoms with E-state index < -0.39 is 5.60 Å². The number of aromatic nitrogens is 2. The predicted octanol–water partition coefficient (Wildman–Crippen LogP) is 0.750. The van der Waals surface area contributed by atoms with E-state index >= 15 is 0 Å². The summed E-state index contributed by atoms with van der Waals surface area (Å²) in [5.74, 6) is 0.236. The van der Waals surface area contributed by atoms with Crippen LogP contribution in [0.25, 0.3) is 0 Å². The Kier molecular flexibility index (Phi) is 2.80. The second-order valence-corrected chi connectivity index (χ2v) is 4.58. The Morgan fingerprint density at radius 3 is 3.07 bits per heavy atom. The van der Waals surface area contributed by atoms with Gasteiger partial charge in [0, 0.05) is 32.2 Å². The highest BCUT2D eigenvalue weighted by molar-refractivity contribution is 5.04. The molecule has 1 N–H and O–H groups in total. The van der Waals surface area contributed by atoms with Crippen LogP contribution in [0.2, 0.25) is 0 Å². The average Bonchev–Trinajstić information content (AvgIpc) is 2.75. The minimum Gasteiger partial charge on any atom is -0.389 e. The standard InChI is InChI=1S/C11H18N2O2/c1-11(14,9-4-6-15-8-9)7-10-3-5-13(2)12-10/h3,5,9,14H,4,6-8H2,1-2H3. The van der Waals surface area contributed by atoms with Crippen LogP contribution in [0.15, 0.2) is 12.3 Å². The van der Waals surface area contributed by atoms with Gasteiger partial charge in [-0.1, -0.05) is 0 Å². The number of hydrogen-bond acceptors (Lipinski definition) is 3. The van der Waals surface area contributed by atoms with Crippen LogP contribution in [0.5, 0.6) is 0 Å². The molecule has 1 saturated heterocycles. The van der Waals surface area contributed by atoms with Gasteiger partial charge < -0.3 is 9.84 Å². The molecule has 2 heterocycles. The van der Waals surface area contributed by atoms with Gasteiger partial charge in [-0.05, 0) is 19.4 Å². The fourth-order valence-electron chi connectivity index (χ4n) is 2.09. The van der Waals surface area contributed by atoms with E-state index in [2.05, 4.69) is 5.10 Å². The van der Waals surface area contributed by atoms with E-state index in [9.17, 15) is 5.11 Å². The molecule has 1 aliphatic heterocycles. The zero-order chi connectivity index (χ0) is 10.9. The molecule has 15 heavy (non-hydrogen) atoms. The highest BCUT2D eigenvalue weighted by atomic mass is 16.5. The van der Waals surface area contributed by atoms with Crippen LogP contribution in [0.3, 0.4) is 0 Å². The predicted molar refractivity (Wildman–Crippen MR) is 56.5 cm³/mol. The van der Waals surface area contributed by atoms with Gasteiger partial charge in [0.1, 0.15) is 0 Å². The lowest BCUT2D eigenvalue weighted by Gasteiger charge is -2.28. The van der Waals surface area contributed by atoms with Crippen molar-refractivity contribution in [3.63, 3.8) is 0 Å². The molecule has 1 aliphatic rings. The summed E-state index contributed by atoms with van der Waals surface area (Å²) >= 11 is 0. The number of aryl methyl sites for hydroxylation is 1. The van der Waals surface area contributed by atoms with Crippen LogP contribution in [-0.2, 0) is 18.2 Å². The Hall–Kier alpha value is -0.870. The molecular formula is C11H18N2O2. The Morgan fingerprint density at radius 1 is 1.73 bits per heavy atom. The molecule has 4 heteroatoms. The molecule has 0 spiro atoms. The Labute approximate surface area is 89.9 Å². The van der Waals surface area contributed by atoms with Gasteiger partial charge >= 0.3 is 0 Å². The minimum atomic E-state index is -0.704. The van der Waals surface area contributed by atoms with Crippen molar-refractivity contribution in [2.24, 2.45) is 13.0 Å². The molecule has 0 aliphatic carbocycles. The van der Waals surface area contributed by atoms with Gasteiger partial charge in [-0.3, -0.25) is 4.68 Å². The van der Waals surface area contributed by atoms with Gasteiger partial charge in [0.25, 0.3) is 0 Å². The molecule has 2 atom stereocenters. The van der Waals surface area contributed by atoms with Crippen LogP contribution in [-0.4, -0.2) is 33.7 Å². The maximum absolute atomic E-state index is 10.3. The van der Waals surface area contributed by atoms with Gasteiger partial charge in [-0.2, -0.15) is 5.10 Å². The van der Waals surface area contributed by atoms with Gasteiger partial charge in [0.05, 0.1) is 17.9 Å². The van der Waals surface area contributed by atoms with Crippen LogP contribution >= 0.6 is 0 Å². The van der Waals surface area contributed by atoms with Crippen molar-refractivity contribution in [1.29, 1.82) is 0 Å². The maximum Gasteiger partial charge on any atom is 0.0726 e. The minimum absolute atomic E-state index is 0.236. The molecule has 0 saturated carbocycles. The molecule has 2 unspecified atom stereocenters. The lowest BCUT2D eigenvalue weighted by atomic mass is 9.85.